The molecular weight excluding hydrogens is 524 g/mol. The Bertz CT molecular complexity index is 1580. The number of piperidine rings is 1. The summed E-state index contributed by atoms with van der Waals surface area (Å²) in [6.45, 7) is 1.21. The second-order valence-electron chi connectivity index (χ2n) is 9.87. The Kier molecular flexibility index (Phi) is 7.25. The van der Waals surface area contributed by atoms with Crippen molar-refractivity contribution < 1.29 is 9.63 Å². The molecule has 8 nitrogen and oxygen atoms in total. The Balaban J connectivity index is 1.32. The van der Waals surface area contributed by atoms with Crippen molar-refractivity contribution in [2.24, 2.45) is 0 Å². The number of aryl methyl sites for hydroxylation is 1. The maximum absolute atomic E-state index is 12.9. The van der Waals surface area contributed by atoms with Gasteiger partial charge in [0.1, 0.15) is 0 Å². The van der Waals surface area contributed by atoms with Crippen molar-refractivity contribution in [3.05, 3.63) is 112 Å². The zero-order chi connectivity index (χ0) is 27.5. The van der Waals surface area contributed by atoms with E-state index in [2.05, 4.69) is 21.8 Å². The number of halogens is 1. The minimum absolute atomic E-state index is 0.120. The van der Waals surface area contributed by atoms with Gasteiger partial charge in [0.05, 0.1) is 29.0 Å². The van der Waals surface area contributed by atoms with Crippen molar-refractivity contribution in [3.63, 3.8) is 0 Å². The van der Waals surface area contributed by atoms with Gasteiger partial charge >= 0.3 is 6.03 Å². The van der Waals surface area contributed by atoms with E-state index in [0.29, 0.717) is 40.9 Å². The topological polar surface area (TPSA) is 105 Å². The lowest BCUT2D eigenvalue weighted by Crippen LogP contribution is -2.39. The minimum Gasteiger partial charge on any atom is -0.397 e. The molecule has 202 valence electrons. The van der Waals surface area contributed by atoms with Gasteiger partial charge in [0, 0.05) is 47.7 Å². The summed E-state index contributed by atoms with van der Waals surface area (Å²) in [7, 11) is 0. The van der Waals surface area contributed by atoms with E-state index < -0.39 is 0 Å². The van der Waals surface area contributed by atoms with Gasteiger partial charge in [-0.25, -0.2) is 10.3 Å². The molecule has 40 heavy (non-hydrogen) atoms. The fourth-order valence-corrected chi connectivity index (χ4v) is 5.55. The molecule has 0 bridgehead atoms. The molecule has 0 unspecified atom stereocenters. The molecule has 2 amide bonds. The first-order valence-electron chi connectivity index (χ1n) is 13.3. The second kappa shape index (κ2) is 11.3. The number of nitrogen functional groups attached to an aromatic ring is 1. The molecule has 0 radical (unpaired) electrons. The van der Waals surface area contributed by atoms with Gasteiger partial charge in [-0.2, -0.15) is 0 Å². The lowest BCUT2D eigenvalue weighted by atomic mass is 9.88. The molecule has 2 aromatic carbocycles. The third-order valence-corrected chi connectivity index (χ3v) is 7.62. The number of urea groups is 1. The third kappa shape index (κ3) is 5.31. The highest BCUT2D eigenvalue weighted by atomic mass is 35.5. The molecule has 1 fully saturated rings. The molecule has 1 aliphatic carbocycles. The number of aromatic nitrogens is 2. The molecule has 0 atom stereocenters. The van der Waals surface area contributed by atoms with Crippen LogP contribution >= 0.6 is 11.6 Å². The maximum Gasteiger partial charge on any atom is 0.321 e. The number of carbonyl (C=O) groups is 1. The highest BCUT2D eigenvalue weighted by molar-refractivity contribution is 6.30. The van der Waals surface area contributed by atoms with Crippen molar-refractivity contribution in [2.45, 2.75) is 25.7 Å². The van der Waals surface area contributed by atoms with Crippen LogP contribution in [0.2, 0.25) is 5.02 Å². The first-order valence-corrected chi connectivity index (χ1v) is 13.7. The van der Waals surface area contributed by atoms with E-state index in [1.807, 2.05) is 53.4 Å². The SMILES string of the molecule is Nc1ccccc1NOc1ccnc2c1CCc1cc(Cl)ccc1C2=C1CCN(C(=O)Nc2cccnc2)CC1. The number of hydrogen-bond acceptors (Lipinski definition) is 6. The number of carbonyl (C=O) groups excluding carboxylic acids is 1. The summed E-state index contributed by atoms with van der Waals surface area (Å²) in [5.41, 5.74) is 17.7. The fraction of sp³-hybridized carbons (Fsp3) is 0.194. The summed E-state index contributed by atoms with van der Waals surface area (Å²) < 4.78 is 0. The number of nitrogens with one attached hydrogen (secondary N) is 2. The smallest absolute Gasteiger partial charge is 0.321 e. The number of nitrogens with two attached hydrogens (primary N) is 1. The predicted octanol–water partition coefficient (Wildman–Crippen LogP) is 6.35. The zero-order valence-corrected chi connectivity index (χ0v) is 22.6. The number of likely N-dealkylation sites (tertiary alicyclic amines) is 1. The third-order valence-electron chi connectivity index (χ3n) is 7.38. The van der Waals surface area contributed by atoms with Crippen molar-refractivity contribution in [1.82, 2.24) is 14.9 Å². The normalized spacial score (nSPS) is 14.6. The summed E-state index contributed by atoms with van der Waals surface area (Å²) in [5.74, 6) is 0.707. The van der Waals surface area contributed by atoms with Crippen LogP contribution in [0.25, 0.3) is 5.57 Å². The quantitative estimate of drug-likeness (QED) is 0.201. The maximum atomic E-state index is 12.9. The largest absolute Gasteiger partial charge is 0.397 e. The van der Waals surface area contributed by atoms with Gasteiger partial charge in [-0.1, -0.05) is 35.4 Å². The van der Waals surface area contributed by atoms with Gasteiger partial charge < -0.3 is 20.8 Å². The van der Waals surface area contributed by atoms with E-state index in [4.69, 9.17) is 27.2 Å². The van der Waals surface area contributed by atoms with Crippen molar-refractivity contribution in [3.8, 4) is 5.75 Å². The average Bonchev–Trinajstić information content (AvgIpc) is 3.14. The van der Waals surface area contributed by atoms with Crippen LogP contribution in [0.3, 0.4) is 0 Å². The molecule has 1 saturated heterocycles. The van der Waals surface area contributed by atoms with E-state index >= 15 is 0 Å². The summed E-state index contributed by atoms with van der Waals surface area (Å²) in [6.07, 6.45) is 8.13. The monoisotopic (exact) mass is 552 g/mol. The van der Waals surface area contributed by atoms with E-state index in [1.54, 1.807) is 24.7 Å². The van der Waals surface area contributed by atoms with Gasteiger partial charge in [0.15, 0.2) is 5.75 Å². The molecule has 4 N–H and O–H groups in total. The number of anilines is 3. The van der Waals surface area contributed by atoms with Crippen LogP contribution < -0.4 is 21.4 Å². The molecular formula is C31H29ClN6O2. The standard InChI is InChI=1S/C31H29ClN6O2/c32-22-8-10-24-21(18-22)7-9-25-28(40-37-27-6-2-1-5-26(27)33)11-15-35-30(25)29(24)20-12-16-38(17-13-20)31(39)36-23-4-3-14-34-19-23/h1-6,8,10-11,14-15,18-19,37H,7,9,12-13,16-17,33H2,(H,36,39). The van der Waals surface area contributed by atoms with Gasteiger partial charge in [-0.15, -0.1) is 0 Å². The van der Waals surface area contributed by atoms with Crippen LogP contribution in [-0.4, -0.2) is 34.0 Å². The Morgan fingerprint density at radius 1 is 0.975 bits per heavy atom. The lowest BCUT2D eigenvalue weighted by molar-refractivity contribution is 0.207. The molecule has 3 heterocycles. The summed E-state index contributed by atoms with van der Waals surface area (Å²) in [6, 6.07) is 18.9. The van der Waals surface area contributed by atoms with Crippen LogP contribution in [-0.2, 0) is 12.8 Å². The number of nitrogens with zero attached hydrogens (tertiary/aromatic N) is 3. The van der Waals surface area contributed by atoms with Gasteiger partial charge in [0.2, 0.25) is 0 Å². The Morgan fingerprint density at radius 2 is 1.82 bits per heavy atom. The average molecular weight is 553 g/mol. The minimum atomic E-state index is -0.120. The Morgan fingerprint density at radius 3 is 2.62 bits per heavy atom. The lowest BCUT2D eigenvalue weighted by Gasteiger charge is -2.30. The number of benzene rings is 2. The van der Waals surface area contributed by atoms with Crippen molar-refractivity contribution in [1.29, 1.82) is 0 Å². The van der Waals surface area contributed by atoms with Gasteiger partial charge in [0.25, 0.3) is 0 Å². The predicted molar refractivity (Wildman–Crippen MR) is 158 cm³/mol. The van der Waals surface area contributed by atoms with E-state index in [0.717, 1.165) is 48.1 Å². The summed E-state index contributed by atoms with van der Waals surface area (Å²) >= 11 is 6.43. The molecule has 0 saturated carbocycles. The number of rotatable bonds is 4. The summed E-state index contributed by atoms with van der Waals surface area (Å²) in [5, 5.41) is 3.65. The van der Waals surface area contributed by atoms with Crippen LogP contribution in [0.4, 0.5) is 21.9 Å². The van der Waals surface area contributed by atoms with Crippen molar-refractivity contribution in [2.75, 3.05) is 29.6 Å². The van der Waals surface area contributed by atoms with E-state index in [-0.39, 0.29) is 6.03 Å². The highest BCUT2D eigenvalue weighted by Gasteiger charge is 2.28. The van der Waals surface area contributed by atoms with Crippen LogP contribution in [0, 0.1) is 0 Å². The number of amides is 2. The molecule has 1 aliphatic heterocycles. The Labute approximate surface area is 237 Å². The van der Waals surface area contributed by atoms with Gasteiger partial charge in [-0.3, -0.25) is 9.97 Å². The van der Waals surface area contributed by atoms with Crippen LogP contribution in [0.1, 0.15) is 35.2 Å². The van der Waals surface area contributed by atoms with E-state index in [1.165, 1.54) is 11.1 Å². The van der Waals surface area contributed by atoms with Crippen LogP contribution in [0.15, 0.2) is 84.8 Å². The number of fused-ring (bicyclic) bond motifs is 2. The Hall–Kier alpha value is -4.56. The molecule has 2 aliphatic rings. The molecule has 2 aromatic heterocycles. The summed E-state index contributed by atoms with van der Waals surface area (Å²) in [4.78, 5) is 29.8. The number of pyridine rings is 2. The zero-order valence-electron chi connectivity index (χ0n) is 21.9. The highest BCUT2D eigenvalue weighted by Crippen LogP contribution is 2.41. The van der Waals surface area contributed by atoms with E-state index in [9.17, 15) is 4.79 Å². The molecule has 0 spiro atoms. The number of para-hydroxylation sites is 2. The molecule has 4 aromatic rings. The van der Waals surface area contributed by atoms with Crippen LogP contribution in [0.5, 0.6) is 5.75 Å². The molecule has 6 rings (SSSR count). The first kappa shape index (κ1) is 25.7. The number of hydrogen-bond donors (Lipinski definition) is 3. The van der Waals surface area contributed by atoms with Gasteiger partial charge in [-0.05, 0) is 73.2 Å². The first-order chi connectivity index (χ1) is 19.6. The fourth-order valence-electron chi connectivity index (χ4n) is 5.35. The second-order valence-corrected chi connectivity index (χ2v) is 10.3. The van der Waals surface area contributed by atoms with Crippen molar-refractivity contribution >= 4 is 40.3 Å². The molecule has 9 heteroatoms.